The minimum atomic E-state index is -0.138. The Morgan fingerprint density at radius 2 is 1.90 bits per heavy atom. The Labute approximate surface area is 122 Å². The van der Waals surface area contributed by atoms with Crippen LogP contribution in [-0.4, -0.2) is 45.7 Å². The molecule has 4 heteroatoms. The molecule has 0 aliphatic heterocycles. The van der Waals surface area contributed by atoms with Crippen molar-refractivity contribution in [1.82, 2.24) is 10.2 Å². The van der Waals surface area contributed by atoms with Crippen molar-refractivity contribution >= 4 is 5.69 Å². The number of unbranched alkanes of at least 4 members (excludes halogenated alkanes) is 1. The van der Waals surface area contributed by atoms with E-state index in [-0.39, 0.29) is 5.82 Å². The molecule has 0 atom stereocenters. The third kappa shape index (κ3) is 5.88. The summed E-state index contributed by atoms with van der Waals surface area (Å²) in [5, 5.41) is 3.38. The Balaban J connectivity index is 2.56. The summed E-state index contributed by atoms with van der Waals surface area (Å²) in [6.07, 6.45) is 2.21. The van der Waals surface area contributed by atoms with Crippen molar-refractivity contribution in [1.29, 1.82) is 0 Å². The van der Waals surface area contributed by atoms with Gasteiger partial charge in [0.05, 0.1) is 5.69 Å². The molecule has 1 N–H and O–H groups in total. The van der Waals surface area contributed by atoms with Gasteiger partial charge in [-0.15, -0.1) is 0 Å². The maximum Gasteiger partial charge on any atom is 0.146 e. The molecule has 0 saturated carbocycles. The molecular weight excluding hydrogens is 253 g/mol. The van der Waals surface area contributed by atoms with E-state index in [1.165, 1.54) is 0 Å². The summed E-state index contributed by atoms with van der Waals surface area (Å²) < 4.78 is 13.9. The van der Waals surface area contributed by atoms with Crippen molar-refractivity contribution in [3.05, 3.63) is 29.6 Å². The number of likely N-dealkylation sites (N-methyl/N-ethyl adjacent to an activating group) is 1. The van der Waals surface area contributed by atoms with Crippen LogP contribution >= 0.6 is 0 Å². The lowest BCUT2D eigenvalue weighted by Crippen LogP contribution is -2.26. The van der Waals surface area contributed by atoms with E-state index in [4.69, 9.17) is 0 Å². The van der Waals surface area contributed by atoms with Crippen LogP contribution in [0.5, 0.6) is 0 Å². The lowest BCUT2D eigenvalue weighted by Gasteiger charge is -2.20. The molecule has 0 heterocycles. The van der Waals surface area contributed by atoms with Gasteiger partial charge in [-0.25, -0.2) is 4.39 Å². The maximum absolute atomic E-state index is 13.9. The second-order valence-electron chi connectivity index (χ2n) is 5.54. The first-order valence-electron chi connectivity index (χ1n) is 7.39. The van der Waals surface area contributed by atoms with Crippen molar-refractivity contribution in [2.75, 3.05) is 45.7 Å². The molecule has 0 aliphatic rings. The van der Waals surface area contributed by atoms with E-state index in [0.717, 1.165) is 44.6 Å². The lowest BCUT2D eigenvalue weighted by molar-refractivity contribution is 0.400. The van der Waals surface area contributed by atoms with Gasteiger partial charge < -0.3 is 15.1 Å². The first kappa shape index (κ1) is 16.9. The summed E-state index contributed by atoms with van der Waals surface area (Å²) in [7, 11) is 6.07. The van der Waals surface area contributed by atoms with Crippen LogP contribution in [-0.2, 0) is 6.54 Å². The fraction of sp³-hybridized carbons (Fsp3) is 0.625. The predicted molar refractivity (Wildman–Crippen MR) is 84.8 cm³/mol. The molecule has 0 aromatic heterocycles. The minimum absolute atomic E-state index is 0.138. The van der Waals surface area contributed by atoms with Crippen molar-refractivity contribution < 1.29 is 4.39 Å². The van der Waals surface area contributed by atoms with Crippen LogP contribution < -0.4 is 10.2 Å². The molecule has 0 amide bonds. The summed E-state index contributed by atoms with van der Waals surface area (Å²) in [5.41, 5.74) is 1.83. The first-order chi connectivity index (χ1) is 9.54. The molecule has 1 aromatic rings. The van der Waals surface area contributed by atoms with Gasteiger partial charge in [-0.1, -0.05) is 19.4 Å². The van der Waals surface area contributed by atoms with Gasteiger partial charge in [0.15, 0.2) is 0 Å². The first-order valence-corrected chi connectivity index (χ1v) is 7.39. The highest BCUT2D eigenvalue weighted by Crippen LogP contribution is 2.20. The van der Waals surface area contributed by atoms with Crippen LogP contribution in [0.2, 0.25) is 0 Å². The van der Waals surface area contributed by atoms with E-state index in [0.29, 0.717) is 5.69 Å². The fourth-order valence-electron chi connectivity index (χ4n) is 2.01. The zero-order valence-electron chi connectivity index (χ0n) is 13.2. The zero-order chi connectivity index (χ0) is 15.0. The number of hydrogen-bond donors (Lipinski definition) is 1. The summed E-state index contributed by atoms with van der Waals surface area (Å²) in [4.78, 5) is 4.14. The topological polar surface area (TPSA) is 18.5 Å². The number of hydrogen-bond acceptors (Lipinski definition) is 3. The molecule has 3 nitrogen and oxygen atoms in total. The third-order valence-electron chi connectivity index (χ3n) is 3.33. The van der Waals surface area contributed by atoms with Gasteiger partial charge in [0.1, 0.15) is 5.82 Å². The highest BCUT2D eigenvalue weighted by molar-refractivity contribution is 5.49. The zero-order valence-corrected chi connectivity index (χ0v) is 13.2. The van der Waals surface area contributed by atoms with Gasteiger partial charge in [0.25, 0.3) is 0 Å². The highest BCUT2D eigenvalue weighted by atomic mass is 19.1. The average Bonchev–Trinajstić information content (AvgIpc) is 2.42. The van der Waals surface area contributed by atoms with Gasteiger partial charge in [-0.3, -0.25) is 0 Å². The lowest BCUT2D eigenvalue weighted by atomic mass is 10.1. The van der Waals surface area contributed by atoms with Gasteiger partial charge in [-0.05, 0) is 38.2 Å². The van der Waals surface area contributed by atoms with E-state index in [2.05, 4.69) is 31.2 Å². The molecule has 0 radical (unpaired) electrons. The van der Waals surface area contributed by atoms with Gasteiger partial charge in [-0.2, -0.15) is 0 Å². The Hall–Kier alpha value is -1.13. The molecule has 114 valence electrons. The number of anilines is 1. The molecule has 1 aromatic carbocycles. The van der Waals surface area contributed by atoms with E-state index in [1.807, 2.05) is 24.1 Å². The molecule has 0 fully saturated rings. The van der Waals surface area contributed by atoms with Gasteiger partial charge in [0, 0.05) is 33.2 Å². The normalized spacial score (nSPS) is 11.1. The molecule has 0 saturated heterocycles. The van der Waals surface area contributed by atoms with Crippen LogP contribution in [0.15, 0.2) is 18.2 Å². The summed E-state index contributed by atoms with van der Waals surface area (Å²) >= 11 is 0. The maximum atomic E-state index is 13.9. The standard InChI is InChI=1S/C16H28FN3/c1-5-6-10-20(4)16-12-14(7-8-15(16)17)13-18-9-11-19(2)3/h7-8,12,18H,5-6,9-11,13H2,1-4H3. The number of halogens is 1. The van der Waals surface area contributed by atoms with Crippen molar-refractivity contribution in [3.8, 4) is 0 Å². The van der Waals surface area contributed by atoms with Crippen LogP contribution in [0.3, 0.4) is 0 Å². The number of rotatable bonds is 9. The van der Waals surface area contributed by atoms with E-state index in [1.54, 1.807) is 6.07 Å². The Morgan fingerprint density at radius 1 is 1.15 bits per heavy atom. The van der Waals surface area contributed by atoms with Crippen molar-refractivity contribution in [3.63, 3.8) is 0 Å². The Bertz CT molecular complexity index is 393. The SMILES string of the molecule is CCCCN(C)c1cc(CNCCN(C)C)ccc1F. The summed E-state index contributed by atoms with van der Waals surface area (Å²) in [6.45, 7) is 5.76. The quantitative estimate of drug-likeness (QED) is 0.702. The molecule has 20 heavy (non-hydrogen) atoms. The molecule has 1 rings (SSSR count). The molecule has 0 aliphatic carbocycles. The monoisotopic (exact) mass is 281 g/mol. The van der Waals surface area contributed by atoms with Crippen LogP contribution in [0.4, 0.5) is 10.1 Å². The Kier molecular flexibility index (Phi) is 7.55. The smallest absolute Gasteiger partial charge is 0.146 e. The fourth-order valence-corrected chi connectivity index (χ4v) is 2.01. The number of nitrogens with zero attached hydrogens (tertiary/aromatic N) is 2. The number of benzene rings is 1. The van der Waals surface area contributed by atoms with Crippen molar-refractivity contribution in [2.24, 2.45) is 0 Å². The van der Waals surface area contributed by atoms with E-state index < -0.39 is 0 Å². The second-order valence-corrected chi connectivity index (χ2v) is 5.54. The van der Waals surface area contributed by atoms with E-state index in [9.17, 15) is 4.39 Å². The highest BCUT2D eigenvalue weighted by Gasteiger charge is 2.08. The third-order valence-corrected chi connectivity index (χ3v) is 3.33. The van der Waals surface area contributed by atoms with E-state index >= 15 is 0 Å². The van der Waals surface area contributed by atoms with Crippen LogP contribution in [0.25, 0.3) is 0 Å². The average molecular weight is 281 g/mol. The molecular formula is C16H28FN3. The Morgan fingerprint density at radius 3 is 2.55 bits per heavy atom. The van der Waals surface area contributed by atoms with Crippen molar-refractivity contribution in [2.45, 2.75) is 26.3 Å². The van der Waals surface area contributed by atoms with Gasteiger partial charge >= 0.3 is 0 Å². The molecule has 0 unspecified atom stereocenters. The number of nitrogens with one attached hydrogen (secondary N) is 1. The van der Waals surface area contributed by atoms with Crippen LogP contribution in [0, 0.1) is 5.82 Å². The minimum Gasteiger partial charge on any atom is -0.372 e. The summed E-state index contributed by atoms with van der Waals surface area (Å²) in [6, 6.07) is 5.38. The molecule has 0 spiro atoms. The summed E-state index contributed by atoms with van der Waals surface area (Å²) in [5.74, 6) is -0.138. The predicted octanol–water partition coefficient (Wildman–Crippen LogP) is 2.71. The second kappa shape index (κ2) is 8.93. The van der Waals surface area contributed by atoms with Crippen LogP contribution in [0.1, 0.15) is 25.3 Å². The van der Waals surface area contributed by atoms with Gasteiger partial charge in [0.2, 0.25) is 0 Å². The largest absolute Gasteiger partial charge is 0.372 e. The molecule has 0 bridgehead atoms.